The zero-order chi connectivity index (χ0) is 10.7. The van der Waals surface area contributed by atoms with E-state index < -0.39 is 4.93 Å². The van der Waals surface area contributed by atoms with Crippen molar-refractivity contribution in [3.63, 3.8) is 0 Å². The lowest BCUT2D eigenvalue weighted by Crippen LogP contribution is -2.50. The molecule has 1 amide bonds. The van der Waals surface area contributed by atoms with Crippen LogP contribution in [0, 0.1) is 5.92 Å². The van der Waals surface area contributed by atoms with Crippen molar-refractivity contribution in [1.82, 2.24) is 4.90 Å². The number of rotatable bonds is 2. The van der Waals surface area contributed by atoms with E-state index in [1.807, 2.05) is 11.9 Å². The van der Waals surface area contributed by atoms with Crippen molar-refractivity contribution in [3.05, 3.63) is 0 Å². The van der Waals surface area contributed by atoms with Crippen LogP contribution in [0.1, 0.15) is 32.6 Å². The van der Waals surface area contributed by atoms with Crippen LogP contribution in [-0.2, 0) is 9.53 Å². The Bertz CT molecular complexity index is 322. The fourth-order valence-corrected chi connectivity index (χ4v) is 4.78. The summed E-state index contributed by atoms with van der Waals surface area (Å²) in [5.41, 5.74) is -0.223. The molecule has 2 aliphatic heterocycles. The number of thioether (sulfide) groups is 1. The molecule has 15 heavy (non-hydrogen) atoms. The van der Waals surface area contributed by atoms with Gasteiger partial charge in [-0.2, -0.15) is 0 Å². The minimum Gasteiger partial charge on any atom is -0.329 e. The van der Waals surface area contributed by atoms with Crippen LogP contribution in [0.25, 0.3) is 0 Å². The van der Waals surface area contributed by atoms with Crippen LogP contribution in [0.3, 0.4) is 0 Å². The quantitative estimate of drug-likeness (QED) is 0.720. The third-order valence-electron chi connectivity index (χ3n) is 4.16. The maximum absolute atomic E-state index is 12.2. The third kappa shape index (κ3) is 0.998. The van der Waals surface area contributed by atoms with Gasteiger partial charge in [0.2, 0.25) is 0 Å². The summed E-state index contributed by atoms with van der Waals surface area (Å²) >= 11 is 1.68. The average molecular weight is 227 g/mol. The van der Waals surface area contributed by atoms with E-state index >= 15 is 0 Å². The smallest absolute Gasteiger partial charge is 0.267 e. The van der Waals surface area contributed by atoms with Crippen LogP contribution in [0.5, 0.6) is 0 Å². The molecule has 0 radical (unpaired) electrons. The number of amides is 1. The van der Waals surface area contributed by atoms with Crippen molar-refractivity contribution < 1.29 is 9.53 Å². The van der Waals surface area contributed by atoms with E-state index in [1.165, 1.54) is 12.8 Å². The van der Waals surface area contributed by atoms with Crippen LogP contribution in [0.2, 0.25) is 0 Å². The lowest BCUT2D eigenvalue weighted by atomic mass is 9.91. The molecule has 1 spiro atoms. The third-order valence-corrected chi connectivity index (χ3v) is 5.34. The topological polar surface area (TPSA) is 29.5 Å². The van der Waals surface area contributed by atoms with E-state index in [1.54, 1.807) is 11.8 Å². The highest BCUT2D eigenvalue weighted by Crippen LogP contribution is 2.61. The number of piperidine rings is 1. The molecule has 3 atom stereocenters. The summed E-state index contributed by atoms with van der Waals surface area (Å²) in [5, 5.41) is 0. The van der Waals surface area contributed by atoms with Gasteiger partial charge in [-0.1, -0.05) is 6.92 Å². The number of nitrogens with zero attached hydrogens (tertiary/aromatic N) is 1. The molecule has 1 aliphatic carbocycles. The Morgan fingerprint density at radius 2 is 2.47 bits per heavy atom. The Balaban J connectivity index is 1.99. The predicted octanol–water partition coefficient (Wildman–Crippen LogP) is 1.82. The second-order valence-corrected chi connectivity index (χ2v) is 6.32. The zero-order valence-electron chi connectivity index (χ0n) is 9.28. The average Bonchev–Trinajstić information content (AvgIpc) is 2.76. The molecule has 0 N–H and O–H groups in total. The highest BCUT2D eigenvalue weighted by atomic mass is 32.2. The summed E-state index contributed by atoms with van der Waals surface area (Å²) in [6.07, 6.45) is 4.40. The number of fused-ring (bicyclic) bond motifs is 1. The molecule has 84 valence electrons. The molecule has 2 heterocycles. The van der Waals surface area contributed by atoms with Crippen molar-refractivity contribution in [1.29, 1.82) is 0 Å². The monoisotopic (exact) mass is 227 g/mol. The summed E-state index contributed by atoms with van der Waals surface area (Å²) in [6.45, 7) is 2.09. The minimum atomic E-state index is -0.519. The molecular formula is C11H17NO2S. The van der Waals surface area contributed by atoms with Gasteiger partial charge in [0, 0.05) is 19.4 Å². The van der Waals surface area contributed by atoms with Crippen molar-refractivity contribution in [3.8, 4) is 0 Å². The van der Waals surface area contributed by atoms with Crippen LogP contribution in [-0.4, -0.2) is 34.3 Å². The first kappa shape index (κ1) is 9.97. The summed E-state index contributed by atoms with van der Waals surface area (Å²) in [4.78, 5) is 13.6. The maximum atomic E-state index is 12.2. The Hall–Kier alpha value is -0.220. The SMILES string of the molecule is CCS[C@@]12CC3CCC[C@]3(O1)N(C)C2=O. The van der Waals surface area contributed by atoms with E-state index in [2.05, 4.69) is 6.92 Å². The van der Waals surface area contributed by atoms with Crippen molar-refractivity contribution in [2.45, 2.75) is 43.3 Å². The van der Waals surface area contributed by atoms with Gasteiger partial charge in [0.25, 0.3) is 5.91 Å². The van der Waals surface area contributed by atoms with E-state index in [0.29, 0.717) is 5.92 Å². The Kier molecular flexibility index (Phi) is 1.94. The van der Waals surface area contributed by atoms with E-state index in [4.69, 9.17) is 4.74 Å². The number of likely N-dealkylation sites (N-methyl/N-ethyl adjacent to an activating group) is 1. The van der Waals surface area contributed by atoms with Gasteiger partial charge < -0.3 is 9.64 Å². The number of hydrogen-bond donors (Lipinski definition) is 0. The molecule has 1 unspecified atom stereocenters. The summed E-state index contributed by atoms with van der Waals surface area (Å²) in [5.74, 6) is 1.73. The van der Waals surface area contributed by atoms with E-state index in [-0.39, 0.29) is 11.6 Å². The molecule has 3 aliphatic rings. The summed E-state index contributed by atoms with van der Waals surface area (Å²) in [6, 6.07) is 0. The van der Waals surface area contributed by atoms with Gasteiger partial charge in [0.05, 0.1) is 0 Å². The molecule has 0 aromatic rings. The fraction of sp³-hybridized carbons (Fsp3) is 0.909. The summed E-state index contributed by atoms with van der Waals surface area (Å²) in [7, 11) is 1.91. The van der Waals surface area contributed by atoms with E-state index in [0.717, 1.165) is 18.6 Å². The van der Waals surface area contributed by atoms with Crippen molar-refractivity contribution >= 4 is 17.7 Å². The lowest BCUT2D eigenvalue weighted by molar-refractivity contribution is -0.135. The number of ether oxygens (including phenoxy) is 1. The molecule has 1 saturated carbocycles. The first-order chi connectivity index (χ1) is 7.15. The van der Waals surface area contributed by atoms with Gasteiger partial charge in [-0.15, -0.1) is 11.8 Å². The first-order valence-corrected chi connectivity index (χ1v) is 6.75. The molecule has 0 aromatic carbocycles. The molecule has 3 fully saturated rings. The predicted molar refractivity (Wildman–Crippen MR) is 59.4 cm³/mol. The summed E-state index contributed by atoms with van der Waals surface area (Å²) < 4.78 is 6.18. The molecule has 2 bridgehead atoms. The van der Waals surface area contributed by atoms with Gasteiger partial charge in [-0.25, -0.2) is 0 Å². The molecular weight excluding hydrogens is 210 g/mol. The minimum absolute atomic E-state index is 0.201. The number of hydrogen-bond acceptors (Lipinski definition) is 3. The largest absolute Gasteiger partial charge is 0.329 e. The molecule has 0 aromatic heterocycles. The van der Waals surface area contributed by atoms with Crippen molar-refractivity contribution in [2.75, 3.05) is 12.8 Å². The fourth-order valence-electron chi connectivity index (χ4n) is 3.53. The maximum Gasteiger partial charge on any atom is 0.267 e. The highest BCUT2D eigenvalue weighted by molar-refractivity contribution is 8.01. The van der Waals surface area contributed by atoms with Crippen LogP contribution < -0.4 is 0 Å². The van der Waals surface area contributed by atoms with Gasteiger partial charge in [-0.3, -0.25) is 4.79 Å². The standard InChI is InChI=1S/C11H17NO2S/c1-3-15-11-7-8-5-4-6-10(8,14-11)12(2)9(11)13/h8H,3-7H2,1-2H3/t8?,10-,11-/m1/s1. The van der Waals surface area contributed by atoms with Crippen LogP contribution in [0.15, 0.2) is 0 Å². The van der Waals surface area contributed by atoms with Gasteiger partial charge in [0.1, 0.15) is 5.72 Å². The van der Waals surface area contributed by atoms with Gasteiger partial charge in [0.15, 0.2) is 4.93 Å². The zero-order valence-corrected chi connectivity index (χ0v) is 10.1. The molecule has 2 saturated heterocycles. The normalized spacial score (nSPS) is 47.7. The highest BCUT2D eigenvalue weighted by Gasteiger charge is 2.70. The van der Waals surface area contributed by atoms with Gasteiger partial charge in [-0.05, 0) is 25.0 Å². The van der Waals surface area contributed by atoms with Crippen LogP contribution >= 0.6 is 11.8 Å². The molecule has 3 nitrogen and oxygen atoms in total. The lowest BCUT2D eigenvalue weighted by Gasteiger charge is -2.35. The van der Waals surface area contributed by atoms with Crippen LogP contribution in [0.4, 0.5) is 0 Å². The Morgan fingerprint density at radius 3 is 3.20 bits per heavy atom. The van der Waals surface area contributed by atoms with E-state index in [9.17, 15) is 4.79 Å². The first-order valence-electron chi connectivity index (χ1n) is 5.77. The van der Waals surface area contributed by atoms with Gasteiger partial charge >= 0.3 is 0 Å². The number of carbonyl (C=O) groups excluding carboxylic acids is 1. The second-order valence-electron chi connectivity index (χ2n) is 4.79. The Morgan fingerprint density at radius 1 is 1.67 bits per heavy atom. The second kappa shape index (κ2) is 2.92. The number of carbonyl (C=O) groups is 1. The number of likely N-dealkylation sites (tertiary alicyclic amines) is 1. The molecule has 3 rings (SSSR count). The Labute approximate surface area is 94.5 Å². The van der Waals surface area contributed by atoms with Crippen molar-refractivity contribution in [2.24, 2.45) is 5.92 Å². The molecule has 4 heteroatoms.